The Labute approximate surface area is 96.2 Å². The van der Waals surface area contributed by atoms with E-state index in [-0.39, 0.29) is 0 Å². The quantitative estimate of drug-likeness (QED) is 0.643. The highest BCUT2D eigenvalue weighted by molar-refractivity contribution is 4.92. The molecule has 0 atom stereocenters. The van der Waals surface area contributed by atoms with Crippen LogP contribution in [0.2, 0.25) is 0 Å². The Bertz CT molecular complexity index is 180. The predicted octanol–water partition coefficient (Wildman–Crippen LogP) is 3.93. The number of rotatable bonds is 6. The van der Waals surface area contributed by atoms with Gasteiger partial charge in [-0.1, -0.05) is 26.7 Å². The zero-order chi connectivity index (χ0) is 11.5. The maximum absolute atomic E-state index is 2.48. The molecule has 0 N–H and O–H groups in total. The Morgan fingerprint density at radius 2 is 1.87 bits per heavy atom. The molecule has 1 aliphatic carbocycles. The predicted molar refractivity (Wildman–Crippen MR) is 68.1 cm³/mol. The van der Waals surface area contributed by atoms with Gasteiger partial charge in [-0.2, -0.15) is 0 Å². The highest BCUT2D eigenvalue weighted by Gasteiger charge is 2.41. The van der Waals surface area contributed by atoms with Gasteiger partial charge in [-0.05, 0) is 58.0 Å². The fourth-order valence-corrected chi connectivity index (χ4v) is 2.79. The zero-order valence-electron chi connectivity index (χ0n) is 11.3. The number of nitrogens with zero attached hydrogens (tertiary/aromatic N) is 1. The van der Waals surface area contributed by atoms with Crippen LogP contribution in [0, 0.1) is 11.3 Å². The van der Waals surface area contributed by atoms with Crippen LogP contribution in [0.4, 0.5) is 0 Å². The van der Waals surface area contributed by atoms with Gasteiger partial charge < -0.3 is 4.90 Å². The molecule has 0 unspecified atom stereocenters. The van der Waals surface area contributed by atoms with Gasteiger partial charge in [0.15, 0.2) is 0 Å². The van der Waals surface area contributed by atoms with Crippen molar-refractivity contribution in [2.45, 2.75) is 65.8 Å². The molecule has 1 nitrogen and oxygen atoms in total. The maximum atomic E-state index is 2.48. The fourth-order valence-electron chi connectivity index (χ4n) is 2.79. The molecule has 1 aliphatic rings. The van der Waals surface area contributed by atoms with Crippen molar-refractivity contribution in [2.75, 3.05) is 13.6 Å². The van der Waals surface area contributed by atoms with Crippen molar-refractivity contribution in [3.05, 3.63) is 0 Å². The first-order chi connectivity index (χ1) is 7.03. The molecule has 0 amide bonds. The van der Waals surface area contributed by atoms with E-state index < -0.39 is 0 Å². The summed E-state index contributed by atoms with van der Waals surface area (Å²) >= 11 is 0. The minimum Gasteiger partial charge on any atom is -0.304 e. The molecule has 1 heteroatoms. The largest absolute Gasteiger partial charge is 0.304 e. The van der Waals surface area contributed by atoms with Crippen molar-refractivity contribution in [3.63, 3.8) is 0 Å². The van der Waals surface area contributed by atoms with Crippen LogP contribution in [-0.4, -0.2) is 24.5 Å². The van der Waals surface area contributed by atoms with E-state index in [0.29, 0.717) is 11.5 Å². The molecule has 0 saturated heterocycles. The van der Waals surface area contributed by atoms with E-state index in [0.717, 1.165) is 5.92 Å². The molecular weight excluding hydrogens is 182 g/mol. The van der Waals surface area contributed by atoms with Crippen molar-refractivity contribution in [2.24, 2.45) is 11.3 Å². The Morgan fingerprint density at radius 1 is 1.27 bits per heavy atom. The normalized spacial score (nSPS) is 31.0. The summed E-state index contributed by atoms with van der Waals surface area (Å²) in [6.45, 7) is 10.6. The van der Waals surface area contributed by atoms with E-state index in [4.69, 9.17) is 0 Å². The standard InChI is InChI=1S/C14H29N/c1-6-13-10-14(7-2,11-13)8-9-15(5)12(3)4/h12-13H,6-11H2,1-5H3. The van der Waals surface area contributed by atoms with Gasteiger partial charge in [0.2, 0.25) is 0 Å². The van der Waals surface area contributed by atoms with Crippen LogP contribution in [0.25, 0.3) is 0 Å². The molecule has 0 aromatic heterocycles. The van der Waals surface area contributed by atoms with Crippen molar-refractivity contribution in [1.82, 2.24) is 4.90 Å². The molecule has 0 aromatic carbocycles. The van der Waals surface area contributed by atoms with Crippen LogP contribution in [-0.2, 0) is 0 Å². The molecule has 90 valence electrons. The monoisotopic (exact) mass is 211 g/mol. The Hall–Kier alpha value is -0.0400. The first-order valence-electron chi connectivity index (χ1n) is 6.73. The van der Waals surface area contributed by atoms with Crippen LogP contribution in [0.5, 0.6) is 0 Å². The summed E-state index contributed by atoms with van der Waals surface area (Å²) in [6, 6.07) is 0.695. The van der Waals surface area contributed by atoms with E-state index in [1.807, 2.05) is 0 Å². The van der Waals surface area contributed by atoms with Gasteiger partial charge in [0.25, 0.3) is 0 Å². The highest BCUT2D eigenvalue weighted by atomic mass is 15.1. The first-order valence-corrected chi connectivity index (χ1v) is 6.73. The van der Waals surface area contributed by atoms with Gasteiger partial charge in [0, 0.05) is 6.04 Å². The average molecular weight is 211 g/mol. The summed E-state index contributed by atoms with van der Waals surface area (Å²) in [5.41, 5.74) is 0.712. The van der Waals surface area contributed by atoms with E-state index in [1.54, 1.807) is 0 Å². The smallest absolute Gasteiger partial charge is 0.00355 e. The minimum absolute atomic E-state index is 0.695. The Kier molecular flexibility index (Phi) is 4.64. The number of hydrogen-bond donors (Lipinski definition) is 0. The minimum atomic E-state index is 0.695. The van der Waals surface area contributed by atoms with Crippen LogP contribution in [0.15, 0.2) is 0 Å². The Morgan fingerprint density at radius 3 is 2.27 bits per heavy atom. The van der Waals surface area contributed by atoms with Crippen LogP contribution in [0.1, 0.15) is 59.8 Å². The summed E-state index contributed by atoms with van der Waals surface area (Å²) in [6.07, 6.45) is 7.17. The first kappa shape index (κ1) is 13.0. The van der Waals surface area contributed by atoms with Gasteiger partial charge in [-0.25, -0.2) is 0 Å². The third-order valence-corrected chi connectivity index (χ3v) is 4.65. The van der Waals surface area contributed by atoms with E-state index in [1.165, 1.54) is 38.6 Å². The van der Waals surface area contributed by atoms with Crippen molar-refractivity contribution in [1.29, 1.82) is 0 Å². The molecule has 0 radical (unpaired) electrons. The van der Waals surface area contributed by atoms with Gasteiger partial charge in [-0.3, -0.25) is 0 Å². The topological polar surface area (TPSA) is 3.24 Å². The van der Waals surface area contributed by atoms with Gasteiger partial charge >= 0.3 is 0 Å². The van der Waals surface area contributed by atoms with Crippen molar-refractivity contribution < 1.29 is 0 Å². The molecule has 0 heterocycles. The van der Waals surface area contributed by atoms with Gasteiger partial charge in [-0.15, -0.1) is 0 Å². The van der Waals surface area contributed by atoms with E-state index in [2.05, 4.69) is 39.6 Å². The van der Waals surface area contributed by atoms with Gasteiger partial charge in [0.05, 0.1) is 0 Å². The molecule has 0 bridgehead atoms. The average Bonchev–Trinajstić information content (AvgIpc) is 2.16. The Balaban J connectivity index is 2.30. The van der Waals surface area contributed by atoms with E-state index >= 15 is 0 Å². The third kappa shape index (κ3) is 3.21. The molecule has 15 heavy (non-hydrogen) atoms. The van der Waals surface area contributed by atoms with Crippen LogP contribution in [0.3, 0.4) is 0 Å². The molecular formula is C14H29N. The summed E-state index contributed by atoms with van der Waals surface area (Å²) in [4.78, 5) is 2.48. The number of hydrogen-bond acceptors (Lipinski definition) is 1. The lowest BCUT2D eigenvalue weighted by Gasteiger charge is -2.48. The van der Waals surface area contributed by atoms with Crippen LogP contribution >= 0.6 is 0 Å². The summed E-state index contributed by atoms with van der Waals surface area (Å²) in [5, 5.41) is 0. The van der Waals surface area contributed by atoms with Gasteiger partial charge in [0.1, 0.15) is 0 Å². The lowest BCUT2D eigenvalue weighted by atomic mass is 9.58. The second kappa shape index (κ2) is 5.34. The van der Waals surface area contributed by atoms with Crippen molar-refractivity contribution in [3.8, 4) is 0 Å². The molecule has 1 rings (SSSR count). The lowest BCUT2D eigenvalue weighted by molar-refractivity contribution is 0.0270. The molecule has 0 aromatic rings. The van der Waals surface area contributed by atoms with E-state index in [9.17, 15) is 0 Å². The molecule has 0 aliphatic heterocycles. The second-order valence-corrected chi connectivity index (χ2v) is 5.86. The summed E-state index contributed by atoms with van der Waals surface area (Å²) < 4.78 is 0. The van der Waals surface area contributed by atoms with Crippen LogP contribution < -0.4 is 0 Å². The molecule has 1 fully saturated rings. The summed E-state index contributed by atoms with van der Waals surface area (Å²) in [7, 11) is 2.25. The van der Waals surface area contributed by atoms with Crippen molar-refractivity contribution >= 4 is 0 Å². The second-order valence-electron chi connectivity index (χ2n) is 5.86. The summed E-state index contributed by atoms with van der Waals surface area (Å²) in [5.74, 6) is 1.04. The zero-order valence-corrected chi connectivity index (χ0v) is 11.3. The lowest BCUT2D eigenvalue weighted by Crippen LogP contribution is -2.40. The fraction of sp³-hybridized carbons (Fsp3) is 1.00. The molecule has 1 saturated carbocycles. The third-order valence-electron chi connectivity index (χ3n) is 4.65. The maximum Gasteiger partial charge on any atom is 0.00355 e. The molecule has 0 spiro atoms. The SMILES string of the molecule is CCC1CC(CC)(CCN(C)C(C)C)C1. The highest BCUT2D eigenvalue weighted by Crippen LogP contribution is 2.51.